The molecule has 0 aromatic heterocycles. The predicted molar refractivity (Wildman–Crippen MR) is 90.3 cm³/mol. The number of nitrogens with two attached hydrogens (primary N) is 1. The summed E-state index contributed by atoms with van der Waals surface area (Å²) in [4.78, 5) is 2.65. The van der Waals surface area contributed by atoms with Crippen molar-refractivity contribution in [3.63, 3.8) is 0 Å². The number of fused-ring (bicyclic) bond motifs is 1. The molecule has 2 N–H and O–H groups in total. The van der Waals surface area contributed by atoms with E-state index in [4.69, 9.17) is 5.73 Å². The van der Waals surface area contributed by atoms with Gasteiger partial charge in [0.2, 0.25) is 0 Å². The van der Waals surface area contributed by atoms with Crippen molar-refractivity contribution in [1.29, 1.82) is 0 Å². The van der Waals surface area contributed by atoms with Crippen LogP contribution in [0.4, 0.5) is 5.69 Å². The zero-order chi connectivity index (χ0) is 14.9. The summed E-state index contributed by atoms with van der Waals surface area (Å²) in [5.74, 6) is 1.51. The van der Waals surface area contributed by atoms with Crippen molar-refractivity contribution < 1.29 is 0 Å². The first-order chi connectivity index (χ1) is 10.2. The second kappa shape index (κ2) is 5.84. The molecule has 21 heavy (non-hydrogen) atoms. The molecule has 1 aromatic rings. The lowest BCUT2D eigenvalue weighted by atomic mass is 9.90. The number of hydrogen-bond acceptors (Lipinski definition) is 2. The van der Waals surface area contributed by atoms with Gasteiger partial charge in [0.05, 0.1) is 0 Å². The topological polar surface area (TPSA) is 29.3 Å². The first kappa shape index (κ1) is 14.6. The smallest absolute Gasteiger partial charge is 0.0317 e. The van der Waals surface area contributed by atoms with Gasteiger partial charge in [0.15, 0.2) is 0 Å². The lowest BCUT2D eigenvalue weighted by Crippen LogP contribution is -2.30. The summed E-state index contributed by atoms with van der Waals surface area (Å²) < 4.78 is 0. The van der Waals surface area contributed by atoms with E-state index in [2.05, 4.69) is 42.7 Å². The van der Waals surface area contributed by atoms with Crippen molar-refractivity contribution in [2.24, 2.45) is 11.8 Å². The van der Waals surface area contributed by atoms with Gasteiger partial charge >= 0.3 is 0 Å². The van der Waals surface area contributed by atoms with Gasteiger partial charge in [-0.3, -0.25) is 0 Å². The van der Waals surface area contributed by atoms with Crippen molar-refractivity contribution in [2.75, 3.05) is 25.4 Å². The molecule has 3 rings (SSSR count). The van der Waals surface area contributed by atoms with Crippen molar-refractivity contribution in [3.8, 4) is 0 Å². The Bertz CT molecular complexity index is 496. The minimum atomic E-state index is 0.204. The monoisotopic (exact) mass is 284 g/mol. The number of hydrogen-bond donors (Lipinski definition) is 1. The third-order valence-corrected chi connectivity index (χ3v) is 5.57. The molecule has 2 unspecified atom stereocenters. The van der Waals surface area contributed by atoms with Gasteiger partial charge in [-0.05, 0) is 42.5 Å². The van der Waals surface area contributed by atoms with Gasteiger partial charge in [0.25, 0.3) is 0 Å². The van der Waals surface area contributed by atoms with Crippen molar-refractivity contribution in [1.82, 2.24) is 4.90 Å². The van der Waals surface area contributed by atoms with Crippen LogP contribution in [0.3, 0.4) is 0 Å². The Morgan fingerprint density at radius 1 is 1.29 bits per heavy atom. The van der Waals surface area contributed by atoms with E-state index >= 15 is 0 Å². The zero-order valence-corrected chi connectivity index (χ0v) is 13.2. The van der Waals surface area contributed by atoms with E-state index in [1.807, 2.05) is 6.07 Å². The number of unbranched alkanes of at least 4 members (excludes halogenated alkanes) is 3. The van der Waals surface area contributed by atoms with Crippen molar-refractivity contribution in [2.45, 2.75) is 38.0 Å². The molecule has 1 aromatic carbocycles. The molecule has 1 aliphatic carbocycles. The minimum Gasteiger partial charge on any atom is -0.399 e. The van der Waals surface area contributed by atoms with Crippen LogP contribution in [0.15, 0.2) is 36.9 Å². The first-order valence-electron chi connectivity index (χ1n) is 8.44. The maximum absolute atomic E-state index is 5.96. The van der Waals surface area contributed by atoms with Gasteiger partial charge in [-0.1, -0.05) is 44.4 Å². The van der Waals surface area contributed by atoms with E-state index in [1.54, 1.807) is 0 Å². The van der Waals surface area contributed by atoms with Crippen LogP contribution in [0.25, 0.3) is 0 Å². The summed E-state index contributed by atoms with van der Waals surface area (Å²) in [5, 5.41) is 0. The maximum atomic E-state index is 5.96. The standard InChI is InChI=1S/C19H28N2/c1-3-5-6-7-11-21-13-17-18(14-21)19(17,4-2)15-9-8-10-16(20)12-15/h4,8-10,12,17-18H,2-3,5-7,11,13-14,20H2,1H3. The van der Waals surface area contributed by atoms with Crippen LogP contribution >= 0.6 is 0 Å². The highest BCUT2D eigenvalue weighted by Gasteiger charge is 2.66. The Kier molecular flexibility index (Phi) is 4.08. The Labute approximate surface area is 129 Å². The molecule has 1 saturated carbocycles. The number of anilines is 1. The minimum absolute atomic E-state index is 0.204. The average molecular weight is 284 g/mol. The number of allylic oxidation sites excluding steroid dienone is 1. The summed E-state index contributed by atoms with van der Waals surface area (Å²) in [6, 6.07) is 8.42. The Hall–Kier alpha value is -1.28. The van der Waals surface area contributed by atoms with Gasteiger partial charge < -0.3 is 10.6 Å². The summed E-state index contributed by atoms with van der Waals surface area (Å²) in [6.07, 6.45) is 7.61. The fourth-order valence-electron chi connectivity index (χ4n) is 4.35. The van der Waals surface area contributed by atoms with Crippen molar-refractivity contribution in [3.05, 3.63) is 42.5 Å². The lowest BCUT2D eigenvalue weighted by Gasteiger charge is -2.25. The quantitative estimate of drug-likeness (QED) is 0.468. The molecule has 2 nitrogen and oxygen atoms in total. The molecule has 1 aliphatic heterocycles. The van der Waals surface area contributed by atoms with Crippen LogP contribution in [0.5, 0.6) is 0 Å². The molecular formula is C19H28N2. The van der Waals surface area contributed by atoms with Crippen LogP contribution in [0.1, 0.15) is 38.2 Å². The molecule has 0 bridgehead atoms. The molecule has 2 aliphatic rings. The van der Waals surface area contributed by atoms with E-state index in [9.17, 15) is 0 Å². The molecule has 1 saturated heterocycles. The van der Waals surface area contributed by atoms with Crippen LogP contribution < -0.4 is 5.73 Å². The summed E-state index contributed by atoms with van der Waals surface area (Å²) in [5.41, 5.74) is 8.41. The molecule has 2 heteroatoms. The van der Waals surface area contributed by atoms with E-state index in [0.717, 1.165) is 17.5 Å². The number of piperidine rings is 1. The predicted octanol–water partition coefficient (Wildman–Crippen LogP) is 3.83. The first-order valence-corrected chi connectivity index (χ1v) is 8.44. The number of nitrogen functional groups attached to an aromatic ring is 1. The van der Waals surface area contributed by atoms with E-state index in [1.165, 1.54) is 50.9 Å². The lowest BCUT2D eigenvalue weighted by molar-refractivity contribution is 0.278. The number of rotatable bonds is 7. The van der Waals surface area contributed by atoms with Crippen LogP contribution in [0, 0.1) is 11.8 Å². The molecular weight excluding hydrogens is 256 g/mol. The van der Waals surface area contributed by atoms with Crippen molar-refractivity contribution >= 4 is 5.69 Å². The normalized spacial score (nSPS) is 31.1. The molecule has 0 amide bonds. The number of benzene rings is 1. The molecule has 1 heterocycles. The highest BCUT2D eigenvalue weighted by atomic mass is 15.2. The van der Waals surface area contributed by atoms with E-state index in [0.29, 0.717) is 0 Å². The molecule has 0 radical (unpaired) electrons. The van der Waals surface area contributed by atoms with Gasteiger partial charge in [0, 0.05) is 24.2 Å². The van der Waals surface area contributed by atoms with Gasteiger partial charge in [-0.2, -0.15) is 0 Å². The number of nitrogens with zero attached hydrogens (tertiary/aromatic N) is 1. The number of likely N-dealkylation sites (tertiary alicyclic amines) is 1. The summed E-state index contributed by atoms with van der Waals surface area (Å²) in [6.45, 7) is 10.2. The highest BCUT2D eigenvalue weighted by Crippen LogP contribution is 2.64. The largest absolute Gasteiger partial charge is 0.399 e. The maximum Gasteiger partial charge on any atom is 0.0317 e. The van der Waals surface area contributed by atoms with Gasteiger partial charge in [-0.15, -0.1) is 6.58 Å². The third-order valence-electron chi connectivity index (χ3n) is 5.57. The molecule has 2 atom stereocenters. The zero-order valence-electron chi connectivity index (χ0n) is 13.2. The molecule has 2 fully saturated rings. The second-order valence-electron chi connectivity index (χ2n) is 6.80. The fourth-order valence-corrected chi connectivity index (χ4v) is 4.35. The molecule has 114 valence electrons. The Balaban J connectivity index is 1.60. The van der Waals surface area contributed by atoms with Crippen LogP contribution in [-0.4, -0.2) is 24.5 Å². The van der Waals surface area contributed by atoms with E-state index < -0.39 is 0 Å². The van der Waals surface area contributed by atoms with Gasteiger partial charge in [-0.25, -0.2) is 0 Å². The van der Waals surface area contributed by atoms with Crippen LogP contribution in [-0.2, 0) is 5.41 Å². The summed E-state index contributed by atoms with van der Waals surface area (Å²) in [7, 11) is 0. The third kappa shape index (κ3) is 2.50. The van der Waals surface area contributed by atoms with Crippen LogP contribution in [0.2, 0.25) is 0 Å². The Morgan fingerprint density at radius 2 is 2.05 bits per heavy atom. The second-order valence-corrected chi connectivity index (χ2v) is 6.80. The van der Waals surface area contributed by atoms with Gasteiger partial charge in [0.1, 0.15) is 0 Å². The van der Waals surface area contributed by atoms with E-state index in [-0.39, 0.29) is 5.41 Å². The summed E-state index contributed by atoms with van der Waals surface area (Å²) >= 11 is 0. The Morgan fingerprint density at radius 3 is 2.67 bits per heavy atom. The SMILES string of the molecule is C=CC1(c2cccc(N)c2)C2CN(CCCCCC)CC21. The fraction of sp³-hybridized carbons (Fsp3) is 0.579. The highest BCUT2D eigenvalue weighted by molar-refractivity contribution is 5.50. The molecule has 0 spiro atoms. The average Bonchev–Trinajstić information content (AvgIpc) is 2.87.